The average Bonchev–Trinajstić information content (AvgIpc) is 3.35. The standard InChI is InChI=1S/C36H39FN2O5/c1-4-21-44-30(23-31(41)42)22-29(40)19-20-39-34(24(2)3)33(36(43)38-28-13-9-6-10-14-28)32(25-11-7-5-8-12-25)35(39)26-15-17-27(37)18-16-26/h4-18,24,29-30,40H,1,19-23H2,2-3H3,(H,38,43)(H,41,42)/t29-,30-/m1/s1. The summed E-state index contributed by atoms with van der Waals surface area (Å²) in [5, 5.41) is 23.5. The van der Waals surface area contributed by atoms with E-state index in [4.69, 9.17) is 4.74 Å². The first-order valence-corrected chi connectivity index (χ1v) is 14.8. The van der Waals surface area contributed by atoms with Crippen molar-refractivity contribution in [1.82, 2.24) is 4.57 Å². The molecule has 44 heavy (non-hydrogen) atoms. The Morgan fingerprint density at radius 3 is 2.20 bits per heavy atom. The maximum Gasteiger partial charge on any atom is 0.305 e. The van der Waals surface area contributed by atoms with Crippen LogP contribution in [-0.4, -0.2) is 45.5 Å². The predicted octanol–water partition coefficient (Wildman–Crippen LogP) is 7.52. The summed E-state index contributed by atoms with van der Waals surface area (Å²) in [6, 6.07) is 25.0. The molecule has 8 heteroatoms. The number of aliphatic carboxylic acids is 1. The van der Waals surface area contributed by atoms with E-state index < -0.39 is 18.2 Å². The molecule has 3 aromatic carbocycles. The second-order valence-corrected chi connectivity index (χ2v) is 11.0. The normalized spacial score (nSPS) is 12.6. The quantitative estimate of drug-likeness (QED) is 0.123. The van der Waals surface area contributed by atoms with Crippen LogP contribution < -0.4 is 5.32 Å². The van der Waals surface area contributed by atoms with E-state index in [9.17, 15) is 24.2 Å². The number of nitrogens with one attached hydrogen (secondary N) is 1. The summed E-state index contributed by atoms with van der Waals surface area (Å²) in [5.74, 6) is -1.77. The number of aliphatic hydroxyl groups excluding tert-OH is 1. The molecule has 3 N–H and O–H groups in total. The van der Waals surface area contributed by atoms with Gasteiger partial charge in [0.2, 0.25) is 0 Å². The van der Waals surface area contributed by atoms with Gasteiger partial charge in [-0.25, -0.2) is 4.39 Å². The number of aliphatic hydroxyl groups is 1. The van der Waals surface area contributed by atoms with Crippen LogP contribution in [0, 0.1) is 5.82 Å². The van der Waals surface area contributed by atoms with Crippen molar-refractivity contribution in [3.8, 4) is 22.4 Å². The summed E-state index contributed by atoms with van der Waals surface area (Å²) in [4.78, 5) is 25.5. The van der Waals surface area contributed by atoms with E-state index >= 15 is 0 Å². The van der Waals surface area contributed by atoms with Crippen LogP contribution >= 0.6 is 0 Å². The monoisotopic (exact) mass is 598 g/mol. The van der Waals surface area contributed by atoms with Crippen LogP contribution in [0.2, 0.25) is 0 Å². The van der Waals surface area contributed by atoms with Crippen LogP contribution in [0.4, 0.5) is 10.1 Å². The van der Waals surface area contributed by atoms with E-state index in [1.165, 1.54) is 18.2 Å². The third-order valence-electron chi connectivity index (χ3n) is 7.36. The van der Waals surface area contributed by atoms with Crippen molar-refractivity contribution in [2.75, 3.05) is 11.9 Å². The third kappa shape index (κ3) is 8.09. The Balaban J connectivity index is 1.85. The number of hydrogen-bond donors (Lipinski definition) is 3. The highest BCUT2D eigenvalue weighted by Crippen LogP contribution is 2.42. The number of rotatable bonds is 15. The Labute approximate surface area is 257 Å². The predicted molar refractivity (Wildman–Crippen MR) is 171 cm³/mol. The highest BCUT2D eigenvalue weighted by Gasteiger charge is 2.31. The van der Waals surface area contributed by atoms with Crippen LogP contribution in [0.1, 0.15) is 55.1 Å². The first kappa shape index (κ1) is 32.4. The van der Waals surface area contributed by atoms with E-state index in [2.05, 4.69) is 11.9 Å². The number of aromatic nitrogens is 1. The van der Waals surface area contributed by atoms with Crippen molar-refractivity contribution in [1.29, 1.82) is 0 Å². The molecule has 1 amide bonds. The molecule has 0 saturated heterocycles. The number of carbonyl (C=O) groups excluding carboxylic acids is 1. The van der Waals surface area contributed by atoms with Gasteiger partial charge in [-0.1, -0.05) is 68.5 Å². The minimum Gasteiger partial charge on any atom is -0.481 e. The molecule has 2 atom stereocenters. The molecule has 0 unspecified atom stereocenters. The van der Waals surface area contributed by atoms with Crippen LogP contribution in [0.25, 0.3) is 22.4 Å². The molecular weight excluding hydrogens is 559 g/mol. The molecule has 1 aromatic heterocycles. The summed E-state index contributed by atoms with van der Waals surface area (Å²) >= 11 is 0. The number of halogens is 1. The molecule has 0 aliphatic carbocycles. The fourth-order valence-electron chi connectivity index (χ4n) is 5.52. The Morgan fingerprint density at radius 1 is 0.977 bits per heavy atom. The van der Waals surface area contributed by atoms with Gasteiger partial charge in [0, 0.05) is 29.9 Å². The second-order valence-electron chi connectivity index (χ2n) is 11.0. The van der Waals surface area contributed by atoms with Crippen LogP contribution in [0.3, 0.4) is 0 Å². The number of ether oxygens (including phenoxy) is 1. The molecule has 0 aliphatic heterocycles. The number of carbonyl (C=O) groups is 2. The summed E-state index contributed by atoms with van der Waals surface area (Å²) in [6.07, 6.45) is 0.126. The third-order valence-corrected chi connectivity index (χ3v) is 7.36. The SMILES string of the molecule is C=CCO[C@@H](CC(=O)O)C[C@H](O)CCn1c(-c2ccc(F)cc2)c(-c2ccccc2)c(C(=O)Nc2ccccc2)c1C(C)C. The topological polar surface area (TPSA) is 101 Å². The average molecular weight is 599 g/mol. The highest BCUT2D eigenvalue weighted by atomic mass is 19.1. The van der Waals surface area contributed by atoms with Gasteiger partial charge < -0.3 is 24.8 Å². The molecule has 0 fully saturated rings. The van der Waals surface area contributed by atoms with Crippen molar-refractivity contribution in [3.63, 3.8) is 0 Å². The number of para-hydroxylation sites is 1. The number of carboxylic acid groups (broad SMARTS) is 1. The zero-order valence-corrected chi connectivity index (χ0v) is 25.1. The molecule has 0 aliphatic rings. The van der Waals surface area contributed by atoms with Crippen LogP contribution in [0.5, 0.6) is 0 Å². The van der Waals surface area contributed by atoms with Crippen molar-refractivity contribution < 1.29 is 28.9 Å². The molecule has 0 radical (unpaired) electrons. The summed E-state index contributed by atoms with van der Waals surface area (Å²) < 4.78 is 21.7. The minimum absolute atomic E-state index is 0.101. The lowest BCUT2D eigenvalue weighted by Gasteiger charge is -2.22. The molecule has 4 aromatic rings. The Morgan fingerprint density at radius 2 is 1.61 bits per heavy atom. The Bertz CT molecular complexity index is 1550. The van der Waals surface area contributed by atoms with Gasteiger partial charge in [0.15, 0.2) is 0 Å². The molecule has 0 bridgehead atoms. The van der Waals surface area contributed by atoms with Crippen molar-refractivity contribution in [2.45, 2.75) is 57.8 Å². The van der Waals surface area contributed by atoms with Gasteiger partial charge in [0.05, 0.1) is 36.5 Å². The number of amides is 1. The molecular formula is C36H39FN2O5. The van der Waals surface area contributed by atoms with E-state index in [-0.39, 0.29) is 43.5 Å². The summed E-state index contributed by atoms with van der Waals surface area (Å²) in [6.45, 7) is 8.14. The van der Waals surface area contributed by atoms with Gasteiger partial charge in [0.1, 0.15) is 5.82 Å². The summed E-state index contributed by atoms with van der Waals surface area (Å²) in [7, 11) is 0. The van der Waals surface area contributed by atoms with E-state index in [0.717, 1.165) is 22.5 Å². The lowest BCUT2D eigenvalue weighted by atomic mass is 9.94. The van der Waals surface area contributed by atoms with Gasteiger partial charge >= 0.3 is 5.97 Å². The molecule has 1 heterocycles. The van der Waals surface area contributed by atoms with Gasteiger partial charge in [0.25, 0.3) is 5.91 Å². The number of hydrogen-bond acceptors (Lipinski definition) is 4. The second kappa shape index (κ2) is 15.3. The fraction of sp³-hybridized carbons (Fsp3) is 0.278. The lowest BCUT2D eigenvalue weighted by molar-refractivity contribution is -0.140. The van der Waals surface area contributed by atoms with Crippen molar-refractivity contribution >= 4 is 17.6 Å². The fourth-order valence-corrected chi connectivity index (χ4v) is 5.52. The maximum atomic E-state index is 14.2. The molecule has 230 valence electrons. The van der Waals surface area contributed by atoms with E-state index in [1.54, 1.807) is 12.1 Å². The first-order valence-electron chi connectivity index (χ1n) is 14.8. The van der Waals surface area contributed by atoms with Gasteiger partial charge in [-0.15, -0.1) is 6.58 Å². The molecule has 0 spiro atoms. The smallest absolute Gasteiger partial charge is 0.305 e. The Kier molecular flexibility index (Phi) is 11.2. The van der Waals surface area contributed by atoms with E-state index in [0.29, 0.717) is 23.4 Å². The van der Waals surface area contributed by atoms with Crippen LogP contribution in [-0.2, 0) is 16.1 Å². The van der Waals surface area contributed by atoms with Crippen molar-refractivity contribution in [3.05, 3.63) is 115 Å². The lowest BCUT2D eigenvalue weighted by Crippen LogP contribution is -2.25. The highest BCUT2D eigenvalue weighted by molar-refractivity contribution is 6.12. The number of anilines is 1. The number of carboxylic acids is 1. The minimum atomic E-state index is -1.01. The Hall–Kier alpha value is -4.53. The molecule has 7 nitrogen and oxygen atoms in total. The number of nitrogens with zero attached hydrogens (tertiary/aromatic N) is 1. The largest absolute Gasteiger partial charge is 0.481 e. The number of benzene rings is 3. The van der Waals surface area contributed by atoms with Crippen molar-refractivity contribution in [2.24, 2.45) is 0 Å². The zero-order valence-electron chi connectivity index (χ0n) is 25.1. The van der Waals surface area contributed by atoms with Crippen LogP contribution in [0.15, 0.2) is 97.6 Å². The molecule has 4 rings (SSSR count). The maximum absolute atomic E-state index is 14.2. The van der Waals surface area contributed by atoms with Gasteiger partial charge in [-0.05, 0) is 59.9 Å². The zero-order chi connectivity index (χ0) is 31.6. The van der Waals surface area contributed by atoms with E-state index in [1.807, 2.05) is 79.1 Å². The first-order chi connectivity index (χ1) is 21.2. The summed E-state index contributed by atoms with van der Waals surface area (Å²) in [5.41, 5.74) is 4.92. The van der Waals surface area contributed by atoms with Gasteiger partial charge in [-0.3, -0.25) is 9.59 Å². The van der Waals surface area contributed by atoms with Gasteiger partial charge in [-0.2, -0.15) is 0 Å². The molecule has 0 saturated carbocycles.